The normalized spacial score (nSPS) is 28.6. The van der Waals surface area contributed by atoms with Crippen LogP contribution in [0.3, 0.4) is 0 Å². The molecule has 0 saturated carbocycles. The van der Waals surface area contributed by atoms with Gasteiger partial charge in [0.1, 0.15) is 11.7 Å². The average molecular weight is 661 g/mol. The summed E-state index contributed by atoms with van der Waals surface area (Å²) in [5.74, 6) is -4.98. The van der Waals surface area contributed by atoms with Crippen LogP contribution in [0.1, 0.15) is 98.8 Å². The SMILES string of the molecule is CCCC[C@@]1(OC(=O)CCC(=O)O)CC[C@]2(CC[C@H](C)[C@@H](C/C=C(C)/C=C/[C@H](O)[C@@H](C)/C=C/C(=O)O)O2)O[C@@H]1/C=C/C(C)=C/C(=O)O. The van der Waals surface area contributed by atoms with Crippen LogP contribution in [0.4, 0.5) is 0 Å². The zero-order chi connectivity index (χ0) is 35.2. The van der Waals surface area contributed by atoms with Crippen LogP contribution in [0.2, 0.25) is 0 Å². The fourth-order valence-corrected chi connectivity index (χ4v) is 5.81. The standard InChI is InChI=1S/C36H52O11/c1-6-7-19-35(47-34(44)17-16-32(40)41)21-22-36(46-30(35)14-10-25(3)23-33(42)43)20-18-27(5)29(45-36)13-9-24(2)8-12-28(37)26(4)11-15-31(38)39/h8-12,14-15,23,26-30,37H,6-7,13,16-22H2,1-5H3,(H,38,39)(H,40,41)(H,42,43)/b12-8+,14-10+,15-11+,24-9+,25-23+/t26-,27-,28-,29+,30+,35+,36-/m0/s1. The second kappa shape index (κ2) is 18.7. The molecule has 2 rings (SSSR count). The third kappa shape index (κ3) is 13.2. The maximum atomic E-state index is 12.9. The minimum Gasteiger partial charge on any atom is -0.481 e. The third-order valence-electron chi connectivity index (χ3n) is 8.78. The maximum Gasteiger partial charge on any atom is 0.328 e. The number of aliphatic hydroxyl groups excluding tert-OH is 1. The quantitative estimate of drug-likeness (QED) is 0.0802. The van der Waals surface area contributed by atoms with Gasteiger partial charge < -0.3 is 34.6 Å². The number of carboxylic acid groups (broad SMARTS) is 3. The minimum atomic E-state index is -1.09. The first kappa shape index (κ1) is 39.6. The van der Waals surface area contributed by atoms with Gasteiger partial charge in [-0.3, -0.25) is 9.59 Å². The predicted octanol–water partition coefficient (Wildman–Crippen LogP) is 6.13. The summed E-state index contributed by atoms with van der Waals surface area (Å²) in [6, 6.07) is 0. The smallest absolute Gasteiger partial charge is 0.328 e. The molecule has 2 heterocycles. The van der Waals surface area contributed by atoms with Crippen LogP contribution in [0.5, 0.6) is 0 Å². The Morgan fingerprint density at radius 3 is 2.30 bits per heavy atom. The summed E-state index contributed by atoms with van der Waals surface area (Å²) >= 11 is 0. The van der Waals surface area contributed by atoms with Crippen molar-refractivity contribution >= 4 is 23.9 Å². The Morgan fingerprint density at radius 1 is 0.936 bits per heavy atom. The third-order valence-corrected chi connectivity index (χ3v) is 8.78. The lowest BCUT2D eigenvalue weighted by Crippen LogP contribution is -2.59. The fraction of sp³-hybridized carbons (Fsp3) is 0.611. The summed E-state index contributed by atoms with van der Waals surface area (Å²) in [5, 5.41) is 37.5. The van der Waals surface area contributed by atoms with Crippen LogP contribution >= 0.6 is 0 Å². The highest BCUT2D eigenvalue weighted by molar-refractivity contribution is 5.81. The van der Waals surface area contributed by atoms with E-state index in [1.807, 2.05) is 19.9 Å². The van der Waals surface area contributed by atoms with Gasteiger partial charge in [-0.15, -0.1) is 0 Å². The highest BCUT2D eigenvalue weighted by Gasteiger charge is 2.54. The first-order chi connectivity index (χ1) is 22.1. The second-order valence-corrected chi connectivity index (χ2v) is 12.8. The Kier molecular flexibility index (Phi) is 15.8. The highest BCUT2D eigenvalue weighted by Crippen LogP contribution is 2.48. The zero-order valence-corrected chi connectivity index (χ0v) is 28.2. The molecule has 7 atom stereocenters. The van der Waals surface area contributed by atoms with Crippen LogP contribution in [0.25, 0.3) is 0 Å². The van der Waals surface area contributed by atoms with Crippen molar-refractivity contribution in [2.75, 3.05) is 0 Å². The summed E-state index contributed by atoms with van der Waals surface area (Å²) in [6.07, 6.45) is 14.9. The number of carboxylic acids is 3. The number of aliphatic carboxylic acids is 3. The van der Waals surface area contributed by atoms with Crippen LogP contribution in [0, 0.1) is 11.8 Å². The molecule has 0 aromatic rings. The van der Waals surface area contributed by atoms with Gasteiger partial charge >= 0.3 is 23.9 Å². The van der Waals surface area contributed by atoms with E-state index >= 15 is 0 Å². The second-order valence-electron chi connectivity index (χ2n) is 12.8. The van der Waals surface area contributed by atoms with E-state index in [9.17, 15) is 29.4 Å². The number of carbonyl (C=O) groups excluding carboxylic acids is 1. The van der Waals surface area contributed by atoms with E-state index < -0.39 is 47.5 Å². The predicted molar refractivity (Wildman–Crippen MR) is 175 cm³/mol. The topological polar surface area (TPSA) is 177 Å². The van der Waals surface area contributed by atoms with Gasteiger partial charge in [0.15, 0.2) is 5.79 Å². The molecule has 11 nitrogen and oxygen atoms in total. The van der Waals surface area contributed by atoms with E-state index in [1.165, 1.54) is 6.08 Å². The Bertz CT molecular complexity index is 1250. The maximum absolute atomic E-state index is 12.9. The van der Waals surface area contributed by atoms with E-state index in [0.717, 1.165) is 37.0 Å². The molecule has 47 heavy (non-hydrogen) atoms. The fourth-order valence-electron chi connectivity index (χ4n) is 5.81. The van der Waals surface area contributed by atoms with Gasteiger partial charge in [0, 0.05) is 30.9 Å². The summed E-state index contributed by atoms with van der Waals surface area (Å²) in [5.41, 5.74) is 0.314. The molecular weight excluding hydrogens is 608 g/mol. The molecule has 0 aromatic heterocycles. The molecule has 11 heteroatoms. The number of ether oxygens (including phenoxy) is 3. The summed E-state index contributed by atoms with van der Waals surface area (Å²) < 4.78 is 19.5. The lowest BCUT2D eigenvalue weighted by atomic mass is 9.78. The van der Waals surface area contributed by atoms with E-state index in [1.54, 1.807) is 38.2 Å². The van der Waals surface area contributed by atoms with E-state index in [2.05, 4.69) is 6.92 Å². The number of esters is 1. The van der Waals surface area contributed by atoms with Gasteiger partial charge in [0.05, 0.1) is 25.0 Å². The number of carbonyl (C=O) groups is 4. The summed E-state index contributed by atoms with van der Waals surface area (Å²) in [6.45, 7) is 9.44. The van der Waals surface area contributed by atoms with E-state index in [0.29, 0.717) is 37.7 Å². The molecule has 2 aliphatic heterocycles. The molecule has 0 amide bonds. The van der Waals surface area contributed by atoms with Gasteiger partial charge in [-0.1, -0.05) is 69.2 Å². The lowest BCUT2D eigenvalue weighted by molar-refractivity contribution is -0.344. The largest absolute Gasteiger partial charge is 0.481 e. The molecule has 0 aliphatic carbocycles. The van der Waals surface area contributed by atoms with Crippen LogP contribution in [-0.4, -0.2) is 74.0 Å². The van der Waals surface area contributed by atoms with Crippen LogP contribution in [0.15, 0.2) is 59.8 Å². The van der Waals surface area contributed by atoms with Crippen molar-refractivity contribution in [3.8, 4) is 0 Å². The molecule has 0 aromatic carbocycles. The van der Waals surface area contributed by atoms with Gasteiger partial charge in [0.2, 0.25) is 0 Å². The molecule has 1 spiro atoms. The lowest BCUT2D eigenvalue weighted by Gasteiger charge is -2.53. The Labute approximate surface area is 277 Å². The van der Waals surface area contributed by atoms with Crippen molar-refractivity contribution in [1.82, 2.24) is 0 Å². The molecule has 2 aliphatic rings. The van der Waals surface area contributed by atoms with Gasteiger partial charge in [0.25, 0.3) is 0 Å². The first-order valence-electron chi connectivity index (χ1n) is 16.4. The summed E-state index contributed by atoms with van der Waals surface area (Å²) in [4.78, 5) is 46.0. The van der Waals surface area contributed by atoms with Gasteiger partial charge in [-0.2, -0.15) is 0 Å². The van der Waals surface area contributed by atoms with Crippen molar-refractivity contribution in [2.24, 2.45) is 11.8 Å². The van der Waals surface area contributed by atoms with Gasteiger partial charge in [-0.25, -0.2) is 9.59 Å². The van der Waals surface area contributed by atoms with E-state index in [-0.39, 0.29) is 30.8 Å². The van der Waals surface area contributed by atoms with Crippen molar-refractivity contribution in [2.45, 2.75) is 129 Å². The molecule has 262 valence electrons. The molecule has 2 fully saturated rings. The Morgan fingerprint density at radius 2 is 1.66 bits per heavy atom. The van der Waals surface area contributed by atoms with Crippen LogP contribution < -0.4 is 0 Å². The monoisotopic (exact) mass is 660 g/mol. The molecular formula is C36H52O11. The number of aliphatic hydroxyl groups is 1. The Hall–Kier alpha value is -3.54. The molecule has 0 unspecified atom stereocenters. The van der Waals surface area contributed by atoms with Crippen molar-refractivity contribution in [1.29, 1.82) is 0 Å². The van der Waals surface area contributed by atoms with Crippen molar-refractivity contribution < 1.29 is 53.8 Å². The molecule has 2 saturated heterocycles. The highest BCUT2D eigenvalue weighted by atomic mass is 16.7. The van der Waals surface area contributed by atoms with Crippen molar-refractivity contribution in [3.05, 3.63) is 59.8 Å². The number of hydrogen-bond donors (Lipinski definition) is 4. The number of hydrogen-bond acceptors (Lipinski definition) is 8. The number of rotatable bonds is 17. The Balaban J connectivity index is 2.31. The molecule has 4 N–H and O–H groups in total. The average Bonchev–Trinajstić information content (AvgIpc) is 3.01. The molecule has 0 bridgehead atoms. The zero-order valence-electron chi connectivity index (χ0n) is 28.2. The van der Waals surface area contributed by atoms with Gasteiger partial charge in [-0.05, 0) is 57.4 Å². The minimum absolute atomic E-state index is 0.186. The number of unbranched alkanes of at least 4 members (excludes halogenated alkanes) is 1. The van der Waals surface area contributed by atoms with Crippen LogP contribution in [-0.2, 0) is 33.4 Å². The van der Waals surface area contributed by atoms with Crippen molar-refractivity contribution in [3.63, 3.8) is 0 Å². The van der Waals surface area contributed by atoms with E-state index in [4.69, 9.17) is 24.4 Å². The summed E-state index contributed by atoms with van der Waals surface area (Å²) in [7, 11) is 0. The number of allylic oxidation sites excluding steroid dienone is 4. The molecule has 0 radical (unpaired) electrons. The first-order valence-corrected chi connectivity index (χ1v) is 16.4.